The Labute approximate surface area is 219 Å². The number of benzene rings is 2. The van der Waals surface area contributed by atoms with E-state index in [9.17, 15) is 9.59 Å². The Hall–Kier alpha value is -4.09. The van der Waals surface area contributed by atoms with Crippen LogP contribution in [0.4, 0.5) is 0 Å². The van der Waals surface area contributed by atoms with Gasteiger partial charge in [-0.3, -0.25) is 9.36 Å². The highest BCUT2D eigenvalue weighted by molar-refractivity contribution is 7.07. The normalized spacial score (nSPS) is 15.1. The molecule has 1 atom stereocenters. The zero-order chi connectivity index (χ0) is 26.5. The Morgan fingerprint density at radius 3 is 2.59 bits per heavy atom. The van der Waals surface area contributed by atoms with E-state index in [2.05, 4.69) is 10.9 Å². The molecular formula is C29H28N2O5S. The fourth-order valence-electron chi connectivity index (χ4n) is 4.08. The lowest BCUT2D eigenvalue weighted by molar-refractivity contribution is -0.143. The first-order chi connectivity index (χ1) is 17.8. The van der Waals surface area contributed by atoms with Gasteiger partial charge in [0.25, 0.3) is 5.56 Å². The van der Waals surface area contributed by atoms with E-state index in [0.29, 0.717) is 38.7 Å². The molecule has 37 heavy (non-hydrogen) atoms. The summed E-state index contributed by atoms with van der Waals surface area (Å²) < 4.78 is 18.8. The van der Waals surface area contributed by atoms with Crippen molar-refractivity contribution in [3.05, 3.63) is 90.6 Å². The summed E-state index contributed by atoms with van der Waals surface area (Å²) in [6.45, 7) is 7.90. The molecule has 2 heterocycles. The van der Waals surface area contributed by atoms with E-state index in [0.717, 1.165) is 11.1 Å². The Morgan fingerprint density at radius 2 is 1.92 bits per heavy atom. The van der Waals surface area contributed by atoms with E-state index in [1.54, 1.807) is 37.5 Å². The zero-order valence-corrected chi connectivity index (χ0v) is 22.0. The molecule has 0 bridgehead atoms. The highest BCUT2D eigenvalue weighted by Crippen LogP contribution is 2.32. The molecule has 7 nitrogen and oxygen atoms in total. The summed E-state index contributed by atoms with van der Waals surface area (Å²) >= 11 is 1.25. The molecule has 190 valence electrons. The number of fused-ring (bicyclic) bond motifs is 1. The summed E-state index contributed by atoms with van der Waals surface area (Å²) in [5.41, 5.74) is 2.04. The van der Waals surface area contributed by atoms with Gasteiger partial charge in [-0.15, -0.1) is 6.42 Å². The lowest BCUT2D eigenvalue weighted by atomic mass is 9.96. The summed E-state index contributed by atoms with van der Waals surface area (Å²) in [4.78, 5) is 32.1. The third kappa shape index (κ3) is 5.52. The van der Waals surface area contributed by atoms with Crippen LogP contribution in [0.25, 0.3) is 6.08 Å². The first-order valence-corrected chi connectivity index (χ1v) is 12.8. The van der Waals surface area contributed by atoms with Gasteiger partial charge in [0.2, 0.25) is 0 Å². The summed E-state index contributed by atoms with van der Waals surface area (Å²) in [6, 6.07) is 14.0. The van der Waals surface area contributed by atoms with Crippen LogP contribution in [0.5, 0.6) is 11.5 Å². The van der Waals surface area contributed by atoms with Crippen LogP contribution in [-0.4, -0.2) is 29.9 Å². The van der Waals surface area contributed by atoms with E-state index in [-0.39, 0.29) is 18.3 Å². The Bertz CT molecular complexity index is 1560. The Balaban J connectivity index is 1.90. The van der Waals surface area contributed by atoms with Gasteiger partial charge in [-0.1, -0.05) is 47.6 Å². The van der Waals surface area contributed by atoms with E-state index < -0.39 is 12.0 Å². The van der Waals surface area contributed by atoms with Crippen LogP contribution in [-0.2, 0) is 9.53 Å². The second kappa shape index (κ2) is 11.3. The molecule has 0 aliphatic carbocycles. The maximum absolute atomic E-state index is 13.8. The van der Waals surface area contributed by atoms with Crippen molar-refractivity contribution in [2.75, 3.05) is 13.2 Å². The first kappa shape index (κ1) is 26.0. The standard InChI is InChI=1S/C29H28N2O5S/c1-6-16-35-23-11-9-8-10-21(23)17-24-27(32)31-26(20-12-14-22(15-13-20)34-7-2)25(28(33)36-18(3)4)19(5)30-29(31)37-24/h1,8-15,17-18,26H,7,16H2,2-5H3/b24-17+/t26-/m0/s1. The highest BCUT2D eigenvalue weighted by atomic mass is 32.1. The van der Waals surface area contributed by atoms with E-state index >= 15 is 0 Å². The molecule has 0 radical (unpaired) electrons. The number of hydrogen-bond donors (Lipinski definition) is 0. The Kier molecular flexibility index (Phi) is 7.95. The van der Waals surface area contributed by atoms with Gasteiger partial charge in [-0.05, 0) is 57.5 Å². The molecule has 0 saturated heterocycles. The van der Waals surface area contributed by atoms with Crippen LogP contribution in [0.2, 0.25) is 0 Å². The fraction of sp³-hybridized carbons (Fsp3) is 0.276. The van der Waals surface area contributed by atoms with Crippen LogP contribution >= 0.6 is 11.3 Å². The maximum atomic E-state index is 13.8. The molecule has 0 unspecified atom stereocenters. The van der Waals surface area contributed by atoms with Crippen molar-refractivity contribution in [2.45, 2.75) is 39.8 Å². The van der Waals surface area contributed by atoms with Crippen molar-refractivity contribution < 1.29 is 19.0 Å². The smallest absolute Gasteiger partial charge is 0.338 e. The number of aromatic nitrogens is 1. The van der Waals surface area contributed by atoms with E-state index in [1.165, 1.54) is 11.3 Å². The predicted octanol–water partition coefficient (Wildman–Crippen LogP) is 3.60. The maximum Gasteiger partial charge on any atom is 0.338 e. The van der Waals surface area contributed by atoms with Crippen LogP contribution in [0, 0.1) is 12.3 Å². The lowest BCUT2D eigenvalue weighted by Gasteiger charge is -2.25. The van der Waals surface area contributed by atoms with Crippen LogP contribution in [0.1, 0.15) is 44.9 Å². The number of hydrogen-bond acceptors (Lipinski definition) is 7. The van der Waals surface area contributed by atoms with Crippen molar-refractivity contribution in [1.82, 2.24) is 4.57 Å². The third-order valence-corrected chi connectivity index (χ3v) is 6.59. The summed E-state index contributed by atoms with van der Waals surface area (Å²) in [6.07, 6.45) is 6.79. The number of rotatable bonds is 8. The number of para-hydroxylation sites is 1. The van der Waals surface area contributed by atoms with Gasteiger partial charge in [-0.25, -0.2) is 9.79 Å². The number of nitrogens with zero attached hydrogens (tertiary/aromatic N) is 2. The van der Waals surface area contributed by atoms with Crippen molar-refractivity contribution >= 4 is 23.4 Å². The van der Waals surface area contributed by atoms with Gasteiger partial charge >= 0.3 is 5.97 Å². The molecule has 1 aliphatic heterocycles. The van der Waals surface area contributed by atoms with Gasteiger partial charge in [0.05, 0.1) is 34.6 Å². The molecule has 3 aromatic rings. The van der Waals surface area contributed by atoms with Gasteiger partial charge in [0.15, 0.2) is 4.80 Å². The first-order valence-electron chi connectivity index (χ1n) is 12.0. The average Bonchev–Trinajstić information content (AvgIpc) is 3.17. The summed E-state index contributed by atoms with van der Waals surface area (Å²) in [5.74, 6) is 3.23. The topological polar surface area (TPSA) is 79.1 Å². The minimum Gasteiger partial charge on any atom is -0.494 e. The molecule has 0 N–H and O–H groups in total. The Morgan fingerprint density at radius 1 is 1.19 bits per heavy atom. The number of thiazole rings is 1. The molecule has 2 aromatic carbocycles. The molecular weight excluding hydrogens is 488 g/mol. The quantitative estimate of drug-likeness (QED) is 0.338. The minimum absolute atomic E-state index is 0.115. The van der Waals surface area contributed by atoms with Crippen molar-refractivity contribution in [2.24, 2.45) is 4.99 Å². The second-order valence-corrected chi connectivity index (χ2v) is 9.58. The highest BCUT2D eigenvalue weighted by Gasteiger charge is 2.33. The van der Waals surface area contributed by atoms with E-state index in [4.69, 9.17) is 20.6 Å². The largest absolute Gasteiger partial charge is 0.494 e. The molecule has 0 fully saturated rings. The second-order valence-electron chi connectivity index (χ2n) is 8.57. The van der Waals surface area contributed by atoms with Crippen molar-refractivity contribution in [3.63, 3.8) is 0 Å². The number of carbonyl (C=O) groups excluding carboxylic acids is 1. The molecule has 1 aromatic heterocycles. The summed E-state index contributed by atoms with van der Waals surface area (Å²) in [5, 5.41) is 0. The number of terminal acetylenes is 1. The molecule has 0 amide bonds. The molecule has 4 rings (SSSR count). The zero-order valence-electron chi connectivity index (χ0n) is 21.2. The van der Waals surface area contributed by atoms with Crippen LogP contribution in [0.3, 0.4) is 0 Å². The van der Waals surface area contributed by atoms with Crippen molar-refractivity contribution in [3.8, 4) is 23.8 Å². The number of ether oxygens (including phenoxy) is 3. The monoisotopic (exact) mass is 516 g/mol. The molecule has 8 heteroatoms. The van der Waals surface area contributed by atoms with E-state index in [1.807, 2.05) is 49.4 Å². The number of esters is 1. The van der Waals surface area contributed by atoms with Crippen LogP contribution in [0.15, 0.2) is 69.6 Å². The van der Waals surface area contributed by atoms with Gasteiger partial charge in [0.1, 0.15) is 18.1 Å². The summed E-state index contributed by atoms with van der Waals surface area (Å²) in [7, 11) is 0. The third-order valence-electron chi connectivity index (χ3n) is 5.61. The molecule has 1 aliphatic rings. The predicted molar refractivity (Wildman–Crippen MR) is 143 cm³/mol. The molecule has 0 saturated carbocycles. The SMILES string of the molecule is C#CCOc1ccccc1/C=c1/sc2n(c1=O)[C@@H](c1ccc(OCC)cc1)C(C(=O)OC(C)C)=C(C)N=2. The number of carbonyl (C=O) groups is 1. The lowest BCUT2D eigenvalue weighted by Crippen LogP contribution is -2.40. The van der Waals surface area contributed by atoms with Gasteiger partial charge in [0, 0.05) is 5.56 Å². The fourth-order valence-corrected chi connectivity index (χ4v) is 5.12. The van der Waals surface area contributed by atoms with Crippen molar-refractivity contribution in [1.29, 1.82) is 0 Å². The number of allylic oxidation sites excluding steroid dienone is 1. The van der Waals surface area contributed by atoms with Crippen LogP contribution < -0.4 is 24.4 Å². The minimum atomic E-state index is -0.701. The van der Waals surface area contributed by atoms with Gasteiger partial charge in [-0.2, -0.15) is 0 Å². The molecule has 0 spiro atoms. The van der Waals surface area contributed by atoms with Gasteiger partial charge < -0.3 is 14.2 Å². The average molecular weight is 517 g/mol.